The topological polar surface area (TPSA) is 58.6 Å². The fourth-order valence-corrected chi connectivity index (χ4v) is 2.42. The molecule has 17 heavy (non-hydrogen) atoms. The molecule has 0 atom stereocenters. The van der Waals surface area contributed by atoms with Crippen molar-refractivity contribution < 1.29 is 14.6 Å². The largest absolute Gasteiger partial charge is 0.508 e. The van der Waals surface area contributed by atoms with Gasteiger partial charge in [0, 0.05) is 11.6 Å². The van der Waals surface area contributed by atoms with Crippen molar-refractivity contribution in [3.05, 3.63) is 28.7 Å². The minimum Gasteiger partial charge on any atom is -0.508 e. The van der Waals surface area contributed by atoms with Gasteiger partial charge in [0.25, 0.3) is 5.91 Å². The minimum absolute atomic E-state index is 0.114. The SMILES string of the molecule is COc1cc(O)ccc1/C=C1\SC(=S)NC1=O. The average Bonchev–Trinajstić information content (AvgIpc) is 2.60. The Morgan fingerprint density at radius 2 is 2.29 bits per heavy atom. The Morgan fingerprint density at radius 1 is 1.53 bits per heavy atom. The van der Waals surface area contributed by atoms with Gasteiger partial charge in [-0.1, -0.05) is 24.0 Å². The van der Waals surface area contributed by atoms with E-state index in [2.05, 4.69) is 5.32 Å². The number of phenols is 1. The highest BCUT2D eigenvalue weighted by molar-refractivity contribution is 8.26. The van der Waals surface area contributed by atoms with Crippen molar-refractivity contribution in [1.29, 1.82) is 0 Å². The number of methoxy groups -OCH3 is 1. The summed E-state index contributed by atoms with van der Waals surface area (Å²) in [4.78, 5) is 12.0. The van der Waals surface area contributed by atoms with E-state index < -0.39 is 0 Å². The van der Waals surface area contributed by atoms with Gasteiger partial charge in [-0.2, -0.15) is 0 Å². The average molecular weight is 267 g/mol. The summed E-state index contributed by atoms with van der Waals surface area (Å²) in [7, 11) is 1.50. The van der Waals surface area contributed by atoms with E-state index in [9.17, 15) is 9.90 Å². The highest BCUT2D eigenvalue weighted by atomic mass is 32.2. The van der Waals surface area contributed by atoms with E-state index in [-0.39, 0.29) is 11.7 Å². The van der Waals surface area contributed by atoms with Gasteiger partial charge in [-0.25, -0.2) is 0 Å². The minimum atomic E-state index is -0.213. The third-order valence-corrected chi connectivity index (χ3v) is 3.31. The van der Waals surface area contributed by atoms with Crippen molar-refractivity contribution in [3.63, 3.8) is 0 Å². The molecule has 1 fully saturated rings. The molecule has 0 saturated carbocycles. The highest BCUT2D eigenvalue weighted by Crippen LogP contribution is 2.30. The van der Waals surface area contributed by atoms with Crippen LogP contribution in [0.2, 0.25) is 0 Å². The van der Waals surface area contributed by atoms with Crippen molar-refractivity contribution in [3.8, 4) is 11.5 Å². The maximum Gasteiger partial charge on any atom is 0.263 e. The molecule has 1 aliphatic heterocycles. The summed E-state index contributed by atoms with van der Waals surface area (Å²) in [6.07, 6.45) is 1.68. The van der Waals surface area contributed by atoms with Crippen LogP contribution in [0, 0.1) is 0 Å². The van der Waals surface area contributed by atoms with Crippen molar-refractivity contribution in [2.24, 2.45) is 0 Å². The Labute approximate surface area is 108 Å². The molecule has 1 heterocycles. The van der Waals surface area contributed by atoms with Crippen LogP contribution in [0.3, 0.4) is 0 Å². The van der Waals surface area contributed by atoms with Gasteiger partial charge in [-0.05, 0) is 18.2 Å². The summed E-state index contributed by atoms with van der Waals surface area (Å²) in [6, 6.07) is 4.70. The standard InChI is InChI=1S/C11H9NO3S2/c1-15-8-5-7(13)3-2-6(8)4-9-10(14)12-11(16)17-9/h2-5,13H,1H3,(H,12,14,16)/b9-4-. The van der Waals surface area contributed by atoms with E-state index >= 15 is 0 Å². The van der Waals surface area contributed by atoms with E-state index in [0.717, 1.165) is 0 Å². The Bertz CT molecular complexity index is 525. The molecule has 2 N–H and O–H groups in total. The van der Waals surface area contributed by atoms with Gasteiger partial charge in [0.05, 0.1) is 12.0 Å². The summed E-state index contributed by atoms with van der Waals surface area (Å²) >= 11 is 6.10. The third kappa shape index (κ3) is 2.59. The number of thioether (sulfide) groups is 1. The molecule has 2 rings (SSSR count). The number of carbonyl (C=O) groups excluding carboxylic acids is 1. The van der Waals surface area contributed by atoms with Crippen LogP contribution in [0.25, 0.3) is 6.08 Å². The Balaban J connectivity index is 2.38. The monoisotopic (exact) mass is 267 g/mol. The lowest BCUT2D eigenvalue weighted by Gasteiger charge is -2.05. The number of aromatic hydroxyl groups is 1. The van der Waals surface area contributed by atoms with Gasteiger partial charge in [0.1, 0.15) is 15.8 Å². The quantitative estimate of drug-likeness (QED) is 0.633. The molecule has 1 aromatic carbocycles. The van der Waals surface area contributed by atoms with Gasteiger partial charge >= 0.3 is 0 Å². The Kier molecular flexibility index (Phi) is 3.35. The van der Waals surface area contributed by atoms with E-state index in [0.29, 0.717) is 20.5 Å². The normalized spacial score (nSPS) is 17.4. The summed E-state index contributed by atoms with van der Waals surface area (Å²) in [6.45, 7) is 0. The van der Waals surface area contributed by atoms with E-state index in [4.69, 9.17) is 17.0 Å². The molecular formula is C11H9NO3S2. The van der Waals surface area contributed by atoms with Crippen molar-refractivity contribution in [1.82, 2.24) is 5.32 Å². The summed E-state index contributed by atoms with van der Waals surface area (Å²) < 4.78 is 5.56. The van der Waals surface area contributed by atoms with Gasteiger partial charge in [-0.15, -0.1) is 0 Å². The number of ether oxygens (including phenoxy) is 1. The molecule has 0 radical (unpaired) electrons. The fraction of sp³-hybridized carbons (Fsp3) is 0.0909. The second-order valence-corrected chi connectivity index (χ2v) is 5.00. The Hall–Kier alpha value is -1.53. The van der Waals surface area contributed by atoms with Crippen molar-refractivity contribution >= 4 is 40.3 Å². The maximum atomic E-state index is 11.5. The smallest absolute Gasteiger partial charge is 0.263 e. The zero-order valence-corrected chi connectivity index (χ0v) is 10.5. The van der Waals surface area contributed by atoms with Crippen molar-refractivity contribution in [2.45, 2.75) is 0 Å². The van der Waals surface area contributed by atoms with Gasteiger partial charge in [0.2, 0.25) is 0 Å². The van der Waals surface area contributed by atoms with Crippen molar-refractivity contribution in [2.75, 3.05) is 7.11 Å². The molecule has 88 valence electrons. The highest BCUT2D eigenvalue weighted by Gasteiger charge is 2.22. The molecule has 1 amide bonds. The molecule has 1 aromatic rings. The number of carbonyl (C=O) groups is 1. The first-order valence-electron chi connectivity index (χ1n) is 4.72. The molecule has 0 spiro atoms. The first-order chi connectivity index (χ1) is 8.10. The van der Waals surface area contributed by atoms with Gasteiger partial charge in [0.15, 0.2) is 0 Å². The number of nitrogens with one attached hydrogen (secondary N) is 1. The number of phenolic OH excluding ortho intramolecular Hbond substituents is 1. The molecule has 0 bridgehead atoms. The number of rotatable bonds is 2. The molecular weight excluding hydrogens is 258 g/mol. The maximum absolute atomic E-state index is 11.5. The predicted molar refractivity (Wildman–Crippen MR) is 71.0 cm³/mol. The number of hydrogen-bond donors (Lipinski definition) is 2. The summed E-state index contributed by atoms with van der Waals surface area (Å²) in [5.74, 6) is 0.405. The van der Waals surface area contributed by atoms with Crippen LogP contribution in [0.1, 0.15) is 5.56 Å². The molecule has 0 aromatic heterocycles. The van der Waals surface area contributed by atoms with Crippen LogP contribution in [0.15, 0.2) is 23.1 Å². The zero-order valence-electron chi connectivity index (χ0n) is 8.89. The summed E-state index contributed by atoms with van der Waals surface area (Å²) in [5, 5.41) is 11.9. The van der Waals surface area contributed by atoms with Gasteiger partial charge in [-0.3, -0.25) is 4.79 Å². The molecule has 0 unspecified atom stereocenters. The van der Waals surface area contributed by atoms with Crippen LogP contribution in [0.4, 0.5) is 0 Å². The third-order valence-electron chi connectivity index (χ3n) is 2.15. The molecule has 4 nitrogen and oxygen atoms in total. The number of amides is 1. The van der Waals surface area contributed by atoms with Crippen LogP contribution in [-0.2, 0) is 4.79 Å². The first kappa shape index (κ1) is 11.9. The predicted octanol–water partition coefficient (Wildman–Crippen LogP) is 1.89. The summed E-state index contributed by atoms with van der Waals surface area (Å²) in [5.41, 5.74) is 0.715. The lowest BCUT2D eigenvalue weighted by atomic mass is 10.1. The van der Waals surface area contributed by atoms with E-state index in [1.807, 2.05) is 0 Å². The second-order valence-electron chi connectivity index (χ2n) is 3.28. The van der Waals surface area contributed by atoms with Crippen LogP contribution < -0.4 is 10.1 Å². The fourth-order valence-electron chi connectivity index (χ4n) is 1.38. The zero-order chi connectivity index (χ0) is 12.4. The molecule has 0 aliphatic carbocycles. The van der Waals surface area contributed by atoms with E-state index in [1.165, 1.54) is 31.0 Å². The molecule has 6 heteroatoms. The lowest BCUT2D eigenvalue weighted by molar-refractivity contribution is -0.115. The van der Waals surface area contributed by atoms with E-state index in [1.54, 1.807) is 12.1 Å². The Morgan fingerprint density at radius 3 is 2.88 bits per heavy atom. The van der Waals surface area contributed by atoms with Crippen LogP contribution in [-0.4, -0.2) is 22.4 Å². The second kappa shape index (κ2) is 4.77. The van der Waals surface area contributed by atoms with Crippen LogP contribution >= 0.6 is 24.0 Å². The number of benzene rings is 1. The number of hydrogen-bond acceptors (Lipinski definition) is 5. The van der Waals surface area contributed by atoms with Crippen LogP contribution in [0.5, 0.6) is 11.5 Å². The molecule has 1 aliphatic rings. The molecule has 1 saturated heterocycles. The number of thiocarbonyl (C=S) groups is 1. The first-order valence-corrected chi connectivity index (χ1v) is 5.94. The van der Waals surface area contributed by atoms with Gasteiger partial charge < -0.3 is 15.2 Å². The lowest BCUT2D eigenvalue weighted by Crippen LogP contribution is -2.17.